The van der Waals surface area contributed by atoms with Gasteiger partial charge in [0.1, 0.15) is 5.75 Å². The predicted molar refractivity (Wildman–Crippen MR) is 98.0 cm³/mol. The number of hydrogen-bond donors (Lipinski definition) is 2. The number of aromatic nitrogens is 1. The zero-order valence-corrected chi connectivity index (χ0v) is 14.7. The highest BCUT2D eigenvalue weighted by Gasteiger charge is 2.48. The van der Waals surface area contributed by atoms with Gasteiger partial charge in [-0.15, -0.1) is 0 Å². The van der Waals surface area contributed by atoms with Crippen LogP contribution in [0.1, 0.15) is 28.9 Å². The minimum Gasteiger partial charge on any atom is -0.508 e. The normalized spacial score (nSPS) is 28.2. The van der Waals surface area contributed by atoms with Crippen LogP contribution < -0.4 is 0 Å². The van der Waals surface area contributed by atoms with E-state index in [1.165, 1.54) is 0 Å². The van der Waals surface area contributed by atoms with Gasteiger partial charge < -0.3 is 10.2 Å². The molecule has 136 valence electrons. The lowest BCUT2D eigenvalue weighted by atomic mass is 9.93. The zero-order chi connectivity index (χ0) is 18.1. The lowest BCUT2D eigenvalue weighted by Crippen LogP contribution is -2.34. The zero-order valence-electron chi connectivity index (χ0n) is 14.7. The maximum Gasteiger partial charge on any atom is 0.176 e. The number of rotatable bonds is 5. The lowest BCUT2D eigenvalue weighted by Gasteiger charge is -2.25. The fourth-order valence-electron chi connectivity index (χ4n) is 4.61. The van der Waals surface area contributed by atoms with E-state index in [-0.39, 0.29) is 11.5 Å². The van der Waals surface area contributed by atoms with E-state index in [4.69, 9.17) is 0 Å². The van der Waals surface area contributed by atoms with E-state index in [0.29, 0.717) is 30.4 Å². The third-order valence-corrected chi connectivity index (χ3v) is 5.73. The summed E-state index contributed by atoms with van der Waals surface area (Å²) in [4.78, 5) is 19.0. The lowest BCUT2D eigenvalue weighted by molar-refractivity contribution is 0.0347. The molecule has 2 N–H and O–H groups in total. The summed E-state index contributed by atoms with van der Waals surface area (Å²) in [6.07, 6.45) is 3.93. The number of likely N-dealkylation sites (tertiary alicyclic amines) is 1. The number of hydrogen-bond acceptors (Lipinski definition) is 5. The van der Waals surface area contributed by atoms with Gasteiger partial charge in [-0.3, -0.25) is 14.7 Å². The molecule has 1 aromatic carbocycles. The van der Waals surface area contributed by atoms with Crippen molar-refractivity contribution in [2.45, 2.75) is 24.9 Å². The van der Waals surface area contributed by atoms with Gasteiger partial charge in [0.15, 0.2) is 5.78 Å². The van der Waals surface area contributed by atoms with Crippen LogP contribution in [0.2, 0.25) is 0 Å². The molecule has 2 fully saturated rings. The highest BCUT2D eigenvalue weighted by Crippen LogP contribution is 2.45. The molecule has 2 atom stereocenters. The molecule has 1 aliphatic carbocycles. The number of aliphatic hydroxyl groups is 1. The number of ketones is 1. The summed E-state index contributed by atoms with van der Waals surface area (Å²) in [5.41, 5.74) is 0.900. The molecule has 2 heterocycles. The average Bonchev–Trinajstić information content (AvgIpc) is 3.10. The van der Waals surface area contributed by atoms with Gasteiger partial charge in [-0.2, -0.15) is 0 Å². The Bertz CT molecular complexity index is 762. The number of Topliss-reactive ketones (excluding diaryl/α,β-unsaturated/α-hetero) is 1. The molecule has 5 heteroatoms. The minimum atomic E-state index is -0.670. The molecular weight excluding hydrogens is 328 g/mol. The molecule has 5 nitrogen and oxygen atoms in total. The number of pyridine rings is 1. The molecule has 1 aliphatic heterocycles. The van der Waals surface area contributed by atoms with Crippen LogP contribution in [0.25, 0.3) is 0 Å². The summed E-state index contributed by atoms with van der Waals surface area (Å²) < 4.78 is 0. The van der Waals surface area contributed by atoms with Crippen LogP contribution >= 0.6 is 0 Å². The molecule has 0 spiro atoms. The molecule has 1 saturated heterocycles. The Balaban J connectivity index is 1.33. The van der Waals surface area contributed by atoms with Crippen LogP contribution in [0.4, 0.5) is 0 Å². The summed E-state index contributed by atoms with van der Waals surface area (Å²) in [5.74, 6) is 1.13. The fourth-order valence-corrected chi connectivity index (χ4v) is 4.61. The van der Waals surface area contributed by atoms with Gasteiger partial charge in [0.05, 0.1) is 12.1 Å². The topological polar surface area (TPSA) is 73.7 Å². The van der Waals surface area contributed by atoms with Crippen molar-refractivity contribution in [1.29, 1.82) is 0 Å². The largest absolute Gasteiger partial charge is 0.508 e. The second-order valence-corrected chi connectivity index (χ2v) is 7.81. The van der Waals surface area contributed by atoms with Crippen molar-refractivity contribution in [1.82, 2.24) is 9.88 Å². The monoisotopic (exact) mass is 352 g/mol. The Morgan fingerprint density at radius 1 is 1.12 bits per heavy atom. The minimum absolute atomic E-state index is 0.0775. The highest BCUT2D eigenvalue weighted by molar-refractivity contribution is 5.97. The van der Waals surface area contributed by atoms with E-state index in [1.807, 2.05) is 18.2 Å². The molecule has 4 rings (SSSR count). The SMILES string of the molecule is O=C(CN1CC2CC(O)(Cc3ccccn3)CC2C1)c1ccc(O)cc1. The highest BCUT2D eigenvalue weighted by atomic mass is 16.3. The summed E-state index contributed by atoms with van der Waals surface area (Å²) in [6, 6.07) is 12.2. The number of benzene rings is 1. The number of phenols is 1. The molecular formula is C21H24N2O3. The standard InChI is InChI=1S/C21H24N2O3/c24-19-6-4-15(5-7-19)20(25)14-23-12-16-9-21(26,10-17(16)13-23)11-18-3-1-2-8-22-18/h1-8,16-17,24,26H,9-14H2. The van der Waals surface area contributed by atoms with Crippen molar-refractivity contribution in [2.24, 2.45) is 11.8 Å². The predicted octanol–water partition coefficient (Wildman–Crippen LogP) is 2.29. The Morgan fingerprint density at radius 2 is 1.81 bits per heavy atom. The molecule has 1 aromatic heterocycles. The van der Waals surface area contributed by atoms with Crippen LogP contribution in [0.15, 0.2) is 48.7 Å². The Labute approximate surface area is 153 Å². The molecule has 26 heavy (non-hydrogen) atoms. The summed E-state index contributed by atoms with van der Waals surface area (Å²) in [5, 5.41) is 20.3. The van der Waals surface area contributed by atoms with Crippen LogP contribution in [0.5, 0.6) is 5.75 Å². The smallest absolute Gasteiger partial charge is 0.176 e. The fraction of sp³-hybridized carbons (Fsp3) is 0.429. The van der Waals surface area contributed by atoms with E-state index in [0.717, 1.165) is 31.6 Å². The quantitative estimate of drug-likeness (QED) is 0.808. The Morgan fingerprint density at radius 3 is 2.42 bits per heavy atom. The average molecular weight is 352 g/mol. The van der Waals surface area contributed by atoms with Crippen LogP contribution in [-0.2, 0) is 6.42 Å². The van der Waals surface area contributed by atoms with Crippen molar-refractivity contribution in [2.75, 3.05) is 19.6 Å². The molecule has 2 aromatic rings. The maximum atomic E-state index is 12.4. The number of aromatic hydroxyl groups is 1. The van der Waals surface area contributed by atoms with E-state index < -0.39 is 5.60 Å². The van der Waals surface area contributed by atoms with Crippen LogP contribution in [0, 0.1) is 11.8 Å². The van der Waals surface area contributed by atoms with Gasteiger partial charge in [0, 0.05) is 37.0 Å². The molecule has 0 bridgehead atoms. The molecule has 2 unspecified atom stereocenters. The van der Waals surface area contributed by atoms with Crippen molar-refractivity contribution < 1.29 is 15.0 Å². The summed E-state index contributed by atoms with van der Waals surface area (Å²) >= 11 is 0. The molecule has 0 radical (unpaired) electrons. The molecule has 1 saturated carbocycles. The van der Waals surface area contributed by atoms with Crippen LogP contribution in [0.3, 0.4) is 0 Å². The van der Waals surface area contributed by atoms with E-state index in [9.17, 15) is 15.0 Å². The third-order valence-electron chi connectivity index (χ3n) is 5.73. The Hall–Kier alpha value is -2.24. The van der Waals surface area contributed by atoms with Crippen molar-refractivity contribution in [3.05, 3.63) is 59.9 Å². The van der Waals surface area contributed by atoms with E-state index in [1.54, 1.807) is 30.5 Å². The number of nitrogens with zero attached hydrogens (tertiary/aromatic N) is 2. The number of carbonyl (C=O) groups is 1. The second kappa shape index (κ2) is 6.82. The third kappa shape index (κ3) is 3.64. The van der Waals surface area contributed by atoms with E-state index >= 15 is 0 Å². The van der Waals surface area contributed by atoms with Crippen LogP contribution in [-0.4, -0.2) is 51.1 Å². The first-order valence-electron chi connectivity index (χ1n) is 9.18. The number of fused-ring (bicyclic) bond motifs is 1. The van der Waals surface area contributed by atoms with Crippen molar-refractivity contribution in [3.8, 4) is 5.75 Å². The van der Waals surface area contributed by atoms with Gasteiger partial charge in [-0.05, 0) is 61.1 Å². The summed E-state index contributed by atoms with van der Waals surface area (Å²) in [7, 11) is 0. The van der Waals surface area contributed by atoms with Gasteiger partial charge in [-0.1, -0.05) is 6.07 Å². The van der Waals surface area contributed by atoms with E-state index in [2.05, 4.69) is 9.88 Å². The van der Waals surface area contributed by atoms with Gasteiger partial charge >= 0.3 is 0 Å². The molecule has 0 amide bonds. The summed E-state index contributed by atoms with van der Waals surface area (Å²) in [6.45, 7) is 2.12. The van der Waals surface area contributed by atoms with Gasteiger partial charge in [0.2, 0.25) is 0 Å². The number of phenolic OH excluding ortho intramolecular Hbond substituents is 1. The molecule has 2 aliphatic rings. The van der Waals surface area contributed by atoms with Crippen molar-refractivity contribution in [3.63, 3.8) is 0 Å². The van der Waals surface area contributed by atoms with Gasteiger partial charge in [0.25, 0.3) is 0 Å². The number of carbonyl (C=O) groups excluding carboxylic acids is 1. The first kappa shape index (κ1) is 17.2. The second-order valence-electron chi connectivity index (χ2n) is 7.81. The van der Waals surface area contributed by atoms with Crippen molar-refractivity contribution >= 4 is 5.78 Å². The first-order valence-corrected chi connectivity index (χ1v) is 9.18. The van der Waals surface area contributed by atoms with Gasteiger partial charge in [-0.25, -0.2) is 0 Å². The first-order chi connectivity index (χ1) is 12.5. The Kier molecular flexibility index (Phi) is 4.51. The maximum absolute atomic E-state index is 12.4.